The molecule has 1 aliphatic rings. The van der Waals surface area contributed by atoms with Crippen LogP contribution < -0.4 is 9.64 Å². The van der Waals surface area contributed by atoms with Gasteiger partial charge in [-0.2, -0.15) is 0 Å². The molecule has 1 amide bonds. The lowest BCUT2D eigenvalue weighted by atomic mass is 9.95. The Hall–Kier alpha value is -3.60. The molecule has 0 fully saturated rings. The largest absolute Gasteiger partial charge is 0.503 e. The summed E-state index contributed by atoms with van der Waals surface area (Å²) in [7, 11) is 0. The molecule has 11 heteroatoms. The minimum Gasteiger partial charge on any atom is -0.503 e. The van der Waals surface area contributed by atoms with Gasteiger partial charge in [-0.3, -0.25) is 14.5 Å². The average molecular weight is 568 g/mol. The van der Waals surface area contributed by atoms with Crippen LogP contribution in [0, 0.1) is 0 Å². The first-order valence-electron chi connectivity index (χ1n) is 11.7. The minimum atomic E-state index is -0.928. The van der Waals surface area contributed by atoms with Gasteiger partial charge in [0.25, 0.3) is 5.91 Å². The molecule has 4 aromatic rings. The number of hydrogen-bond acceptors (Lipinski definition) is 9. The summed E-state index contributed by atoms with van der Waals surface area (Å²) in [6, 6.07) is 16.7. The number of ether oxygens (including phenoxy) is 1. The molecule has 0 spiro atoms. The van der Waals surface area contributed by atoms with Crippen molar-refractivity contribution in [1.82, 2.24) is 10.2 Å². The smallest absolute Gasteiger partial charge is 0.296 e. The third-order valence-electron chi connectivity index (χ3n) is 5.74. The number of hydrogen-bond donors (Lipinski definition) is 1. The SMILES string of the molecule is CCCOc1ccc(C2C(C(=O)c3ccco3)=C(O)C(=O)N2c2nnc(SCc3ccc(Cl)cc3)s2)cc1. The van der Waals surface area contributed by atoms with Crippen molar-refractivity contribution in [3.63, 3.8) is 0 Å². The highest BCUT2D eigenvalue weighted by molar-refractivity contribution is 8.00. The molecule has 1 atom stereocenters. The lowest BCUT2D eigenvalue weighted by Crippen LogP contribution is -2.31. The molecule has 1 aliphatic heterocycles. The van der Waals surface area contributed by atoms with E-state index in [2.05, 4.69) is 10.2 Å². The number of amides is 1. The van der Waals surface area contributed by atoms with Crippen molar-refractivity contribution < 1.29 is 23.8 Å². The topological polar surface area (TPSA) is 106 Å². The van der Waals surface area contributed by atoms with Crippen molar-refractivity contribution in [2.45, 2.75) is 29.5 Å². The molecule has 1 unspecified atom stereocenters. The van der Waals surface area contributed by atoms with E-state index in [4.69, 9.17) is 20.8 Å². The Balaban J connectivity index is 1.46. The molecule has 0 bridgehead atoms. The molecule has 0 saturated heterocycles. The Kier molecular flexibility index (Phi) is 7.82. The van der Waals surface area contributed by atoms with E-state index in [1.54, 1.807) is 30.3 Å². The molecule has 3 heterocycles. The maximum atomic E-state index is 13.4. The van der Waals surface area contributed by atoms with E-state index < -0.39 is 23.5 Å². The maximum absolute atomic E-state index is 13.4. The number of nitrogens with zero attached hydrogens (tertiary/aromatic N) is 3. The van der Waals surface area contributed by atoms with E-state index in [1.165, 1.54) is 40.3 Å². The molecule has 1 N–H and O–H groups in total. The van der Waals surface area contributed by atoms with Crippen LogP contribution in [0.25, 0.3) is 0 Å². The highest BCUT2D eigenvalue weighted by Crippen LogP contribution is 2.44. The molecule has 0 radical (unpaired) electrons. The Bertz CT molecular complexity index is 1470. The summed E-state index contributed by atoms with van der Waals surface area (Å²) in [5.41, 5.74) is 1.58. The van der Waals surface area contributed by atoms with Crippen molar-refractivity contribution in [1.29, 1.82) is 0 Å². The number of halogens is 1. The van der Waals surface area contributed by atoms with E-state index in [0.29, 0.717) is 33.0 Å². The third-order valence-corrected chi connectivity index (χ3v) is 8.12. The van der Waals surface area contributed by atoms with Crippen LogP contribution in [0.4, 0.5) is 5.13 Å². The number of aromatic nitrogens is 2. The average Bonchev–Trinajstić information content (AvgIpc) is 3.68. The standard InChI is InChI=1S/C27H22ClN3O5S2/c1-2-13-35-19-11-7-17(8-12-19)22-21(23(32)20-4-3-14-36-20)24(33)25(34)31(22)26-29-30-27(38-26)37-15-16-5-9-18(28)10-6-16/h3-12,14,22,33H,2,13,15H2,1H3. The summed E-state index contributed by atoms with van der Waals surface area (Å²) in [6.07, 6.45) is 2.23. The number of thioether (sulfide) groups is 1. The summed E-state index contributed by atoms with van der Waals surface area (Å²) in [5.74, 6) is -0.647. The number of rotatable bonds is 10. The number of anilines is 1. The summed E-state index contributed by atoms with van der Waals surface area (Å²) < 4.78 is 11.6. The van der Waals surface area contributed by atoms with Gasteiger partial charge in [-0.05, 0) is 53.9 Å². The van der Waals surface area contributed by atoms with Crippen LogP contribution in [-0.4, -0.2) is 33.6 Å². The number of benzene rings is 2. The van der Waals surface area contributed by atoms with Crippen molar-refractivity contribution in [3.8, 4) is 5.75 Å². The first-order valence-corrected chi connectivity index (χ1v) is 13.9. The molecular weight excluding hydrogens is 546 g/mol. The zero-order valence-corrected chi connectivity index (χ0v) is 22.6. The van der Waals surface area contributed by atoms with E-state index in [-0.39, 0.29) is 16.5 Å². The highest BCUT2D eigenvalue weighted by atomic mass is 35.5. The van der Waals surface area contributed by atoms with E-state index in [0.717, 1.165) is 12.0 Å². The van der Waals surface area contributed by atoms with Crippen molar-refractivity contribution in [3.05, 3.63) is 100 Å². The second-order valence-corrected chi connectivity index (χ2v) is 10.9. The zero-order valence-electron chi connectivity index (χ0n) is 20.2. The Labute approximate surface area is 231 Å². The fourth-order valence-electron chi connectivity index (χ4n) is 3.94. The van der Waals surface area contributed by atoms with Gasteiger partial charge in [0.2, 0.25) is 10.9 Å². The van der Waals surface area contributed by atoms with Crippen LogP contribution in [-0.2, 0) is 10.5 Å². The van der Waals surface area contributed by atoms with Crippen LogP contribution in [0.3, 0.4) is 0 Å². The van der Waals surface area contributed by atoms with Gasteiger partial charge in [-0.15, -0.1) is 10.2 Å². The summed E-state index contributed by atoms with van der Waals surface area (Å²) in [5, 5.41) is 20.3. The second kappa shape index (κ2) is 11.4. The number of carbonyl (C=O) groups is 2. The first-order chi connectivity index (χ1) is 18.5. The molecule has 2 aromatic heterocycles. The summed E-state index contributed by atoms with van der Waals surface area (Å²) >= 11 is 8.63. The number of Topliss-reactive ketones (excluding diaryl/α,β-unsaturated/α-hetero) is 1. The van der Waals surface area contributed by atoms with Gasteiger partial charge >= 0.3 is 0 Å². The zero-order chi connectivity index (χ0) is 26.6. The fourth-order valence-corrected chi connectivity index (χ4v) is 5.89. The lowest BCUT2D eigenvalue weighted by molar-refractivity contribution is -0.117. The van der Waals surface area contributed by atoms with Crippen molar-refractivity contribution in [2.75, 3.05) is 11.5 Å². The van der Waals surface area contributed by atoms with Gasteiger partial charge in [-0.1, -0.05) is 65.9 Å². The van der Waals surface area contributed by atoms with Crippen LogP contribution in [0.2, 0.25) is 5.02 Å². The number of aliphatic hydroxyl groups is 1. The highest BCUT2D eigenvalue weighted by Gasteiger charge is 2.46. The van der Waals surface area contributed by atoms with Crippen molar-refractivity contribution >= 4 is 51.5 Å². The predicted octanol–water partition coefficient (Wildman–Crippen LogP) is 6.65. The molecule has 194 valence electrons. The van der Waals surface area contributed by atoms with E-state index >= 15 is 0 Å². The number of aliphatic hydroxyl groups excluding tert-OH is 1. The first kappa shape index (κ1) is 26.0. The number of carbonyl (C=O) groups excluding carboxylic acids is 2. The van der Waals surface area contributed by atoms with Gasteiger partial charge in [0.05, 0.1) is 24.5 Å². The van der Waals surface area contributed by atoms with Gasteiger partial charge in [0.15, 0.2) is 15.9 Å². The van der Waals surface area contributed by atoms with Crippen molar-refractivity contribution in [2.24, 2.45) is 0 Å². The maximum Gasteiger partial charge on any atom is 0.296 e. The van der Waals surface area contributed by atoms with Crippen LogP contribution in [0.5, 0.6) is 5.75 Å². The normalized spacial score (nSPS) is 15.4. The van der Waals surface area contributed by atoms with E-state index in [1.807, 2.05) is 31.2 Å². The minimum absolute atomic E-state index is 0.0190. The number of furan rings is 1. The fraction of sp³-hybridized carbons (Fsp3) is 0.185. The molecule has 8 nitrogen and oxygen atoms in total. The monoisotopic (exact) mass is 567 g/mol. The Morgan fingerprint density at radius 2 is 1.92 bits per heavy atom. The Morgan fingerprint density at radius 3 is 2.61 bits per heavy atom. The molecule has 0 saturated carbocycles. The van der Waals surface area contributed by atoms with Crippen LogP contribution in [0.15, 0.2) is 87.0 Å². The molecule has 0 aliphatic carbocycles. The van der Waals surface area contributed by atoms with E-state index in [9.17, 15) is 14.7 Å². The predicted molar refractivity (Wildman–Crippen MR) is 146 cm³/mol. The molecule has 5 rings (SSSR count). The van der Waals surface area contributed by atoms with Gasteiger partial charge in [0, 0.05) is 10.8 Å². The third kappa shape index (κ3) is 5.33. The van der Waals surface area contributed by atoms with Crippen LogP contribution >= 0.6 is 34.7 Å². The van der Waals surface area contributed by atoms with Gasteiger partial charge in [0.1, 0.15) is 5.75 Å². The number of ketones is 1. The molecular formula is C27H22ClN3O5S2. The van der Waals surface area contributed by atoms with Crippen LogP contribution in [0.1, 0.15) is 41.1 Å². The summed E-state index contributed by atoms with van der Waals surface area (Å²) in [4.78, 5) is 28.0. The Morgan fingerprint density at radius 1 is 1.16 bits per heavy atom. The molecule has 38 heavy (non-hydrogen) atoms. The summed E-state index contributed by atoms with van der Waals surface area (Å²) in [6.45, 7) is 2.58. The lowest BCUT2D eigenvalue weighted by Gasteiger charge is -2.24. The molecule has 2 aromatic carbocycles. The van der Waals surface area contributed by atoms with Gasteiger partial charge in [-0.25, -0.2) is 0 Å². The van der Waals surface area contributed by atoms with Gasteiger partial charge < -0.3 is 14.3 Å². The quantitative estimate of drug-likeness (QED) is 0.129. The second-order valence-electron chi connectivity index (χ2n) is 8.33.